The summed E-state index contributed by atoms with van der Waals surface area (Å²) < 4.78 is 0. The number of nitriles is 1. The maximum Gasteiger partial charge on any atom is 0.255 e. The van der Waals surface area contributed by atoms with Crippen LogP contribution in [0.15, 0.2) is 103 Å². The first-order valence-electron chi connectivity index (χ1n) is 10.9. The number of carbonyl (C=O) groups is 1. The molecular weight excluding hydrogens is 436 g/mol. The Kier molecular flexibility index (Phi) is 6.01. The summed E-state index contributed by atoms with van der Waals surface area (Å²) in [5, 5.41) is 19.5. The summed E-state index contributed by atoms with van der Waals surface area (Å²) in [5.74, 6) is 0.554. The highest BCUT2D eigenvalue weighted by Crippen LogP contribution is 2.26. The Labute approximate surface area is 202 Å². The number of pyridine rings is 2. The lowest BCUT2D eigenvalue weighted by Crippen LogP contribution is -2.11. The van der Waals surface area contributed by atoms with Crippen LogP contribution in [-0.4, -0.2) is 15.9 Å². The quantitative estimate of drug-likeness (QED) is 0.279. The van der Waals surface area contributed by atoms with Crippen LogP contribution in [0.25, 0.3) is 10.9 Å². The number of nitrogens with one attached hydrogen (secondary N) is 3. The van der Waals surface area contributed by atoms with Gasteiger partial charge in [0.05, 0.1) is 17.1 Å². The van der Waals surface area contributed by atoms with Gasteiger partial charge in [-0.2, -0.15) is 5.26 Å². The monoisotopic (exact) mass is 456 g/mol. The molecule has 5 aromatic rings. The summed E-state index contributed by atoms with van der Waals surface area (Å²) in [4.78, 5) is 21.3. The minimum atomic E-state index is -0.199. The van der Waals surface area contributed by atoms with Gasteiger partial charge in [0.1, 0.15) is 5.82 Å². The van der Waals surface area contributed by atoms with Crippen LogP contribution in [0, 0.1) is 11.3 Å². The largest absolute Gasteiger partial charge is 0.355 e. The fourth-order valence-electron chi connectivity index (χ4n) is 3.61. The van der Waals surface area contributed by atoms with Crippen LogP contribution in [0.5, 0.6) is 0 Å². The second-order valence-electron chi connectivity index (χ2n) is 7.78. The van der Waals surface area contributed by atoms with Gasteiger partial charge in [0.15, 0.2) is 0 Å². The predicted molar refractivity (Wildman–Crippen MR) is 138 cm³/mol. The van der Waals surface area contributed by atoms with Gasteiger partial charge in [-0.3, -0.25) is 9.78 Å². The average molecular weight is 457 g/mol. The van der Waals surface area contributed by atoms with Crippen molar-refractivity contribution in [3.05, 3.63) is 115 Å². The van der Waals surface area contributed by atoms with Gasteiger partial charge in [-0.25, -0.2) is 4.98 Å². The van der Waals surface area contributed by atoms with E-state index >= 15 is 0 Å². The molecule has 2 heterocycles. The number of anilines is 5. The molecule has 3 N–H and O–H groups in total. The zero-order valence-corrected chi connectivity index (χ0v) is 18.6. The van der Waals surface area contributed by atoms with Crippen molar-refractivity contribution in [2.24, 2.45) is 0 Å². The van der Waals surface area contributed by atoms with E-state index in [2.05, 4.69) is 32.0 Å². The highest BCUT2D eigenvalue weighted by atomic mass is 16.1. The number of fused-ring (bicyclic) bond motifs is 1. The van der Waals surface area contributed by atoms with Crippen molar-refractivity contribution in [2.75, 3.05) is 16.0 Å². The topological polar surface area (TPSA) is 103 Å². The number of carbonyl (C=O) groups excluding carboxylic acids is 1. The molecule has 0 spiro atoms. The van der Waals surface area contributed by atoms with Gasteiger partial charge in [0.2, 0.25) is 0 Å². The fourth-order valence-corrected chi connectivity index (χ4v) is 3.61. The van der Waals surface area contributed by atoms with E-state index in [9.17, 15) is 10.1 Å². The molecule has 1 amide bonds. The zero-order valence-electron chi connectivity index (χ0n) is 18.6. The maximum atomic E-state index is 12.7. The van der Waals surface area contributed by atoms with Crippen molar-refractivity contribution in [2.45, 2.75) is 0 Å². The zero-order chi connectivity index (χ0) is 24.0. The van der Waals surface area contributed by atoms with Crippen LogP contribution in [0.4, 0.5) is 28.6 Å². The number of benzene rings is 3. The van der Waals surface area contributed by atoms with Gasteiger partial charge in [0, 0.05) is 46.1 Å². The summed E-state index contributed by atoms with van der Waals surface area (Å²) in [6.07, 6.45) is 3.44. The van der Waals surface area contributed by atoms with Crippen LogP contribution in [0.1, 0.15) is 15.9 Å². The van der Waals surface area contributed by atoms with Crippen LogP contribution in [-0.2, 0) is 0 Å². The Bertz CT molecular complexity index is 1520. The molecule has 0 saturated heterocycles. The lowest BCUT2D eigenvalue weighted by Gasteiger charge is -2.11. The Morgan fingerprint density at radius 1 is 0.743 bits per heavy atom. The summed E-state index contributed by atoms with van der Waals surface area (Å²) in [7, 11) is 0. The molecule has 5 rings (SSSR count). The van der Waals surface area contributed by atoms with Gasteiger partial charge in [-0.1, -0.05) is 6.07 Å². The molecule has 0 aliphatic carbocycles. The number of hydrogen-bond donors (Lipinski definition) is 3. The molecule has 0 atom stereocenters. The Morgan fingerprint density at radius 3 is 2.23 bits per heavy atom. The van der Waals surface area contributed by atoms with Crippen LogP contribution in [0.2, 0.25) is 0 Å². The van der Waals surface area contributed by atoms with Crippen LogP contribution in [0.3, 0.4) is 0 Å². The molecular formula is C28H20N6O. The van der Waals surface area contributed by atoms with E-state index in [0.717, 1.165) is 33.8 Å². The van der Waals surface area contributed by atoms with Crippen LogP contribution >= 0.6 is 0 Å². The van der Waals surface area contributed by atoms with Gasteiger partial charge in [-0.15, -0.1) is 0 Å². The van der Waals surface area contributed by atoms with Crippen molar-refractivity contribution in [3.63, 3.8) is 0 Å². The average Bonchev–Trinajstić information content (AvgIpc) is 2.91. The number of rotatable bonds is 6. The van der Waals surface area contributed by atoms with Crippen molar-refractivity contribution in [1.82, 2.24) is 9.97 Å². The number of amides is 1. The molecule has 0 aliphatic rings. The fraction of sp³-hybridized carbons (Fsp3) is 0. The minimum absolute atomic E-state index is 0.199. The van der Waals surface area contributed by atoms with Crippen LogP contribution < -0.4 is 16.0 Å². The van der Waals surface area contributed by atoms with E-state index in [1.54, 1.807) is 30.6 Å². The van der Waals surface area contributed by atoms with E-state index in [4.69, 9.17) is 0 Å². The Balaban J connectivity index is 1.25. The van der Waals surface area contributed by atoms with E-state index in [1.165, 1.54) is 0 Å². The predicted octanol–water partition coefficient (Wildman–Crippen LogP) is 6.24. The second-order valence-corrected chi connectivity index (χ2v) is 7.78. The number of nitrogens with zero attached hydrogens (tertiary/aromatic N) is 3. The summed E-state index contributed by atoms with van der Waals surface area (Å²) >= 11 is 0. The van der Waals surface area contributed by atoms with Gasteiger partial charge >= 0.3 is 0 Å². The first-order valence-corrected chi connectivity index (χ1v) is 10.9. The normalized spacial score (nSPS) is 10.4. The third kappa shape index (κ3) is 5.07. The first-order chi connectivity index (χ1) is 17.2. The molecule has 2 aromatic heterocycles. The first kappa shape index (κ1) is 21.6. The Hall–Kier alpha value is -5.22. The van der Waals surface area contributed by atoms with Crippen molar-refractivity contribution < 1.29 is 4.79 Å². The maximum absolute atomic E-state index is 12.7. The molecule has 0 saturated carbocycles. The number of aromatic nitrogens is 2. The van der Waals surface area contributed by atoms with E-state index in [1.807, 2.05) is 72.8 Å². The second kappa shape index (κ2) is 9.73. The molecule has 3 aromatic carbocycles. The van der Waals surface area contributed by atoms with Crippen molar-refractivity contribution >= 4 is 45.4 Å². The molecule has 0 fully saturated rings. The van der Waals surface area contributed by atoms with Gasteiger partial charge in [-0.05, 0) is 84.9 Å². The summed E-state index contributed by atoms with van der Waals surface area (Å²) in [6, 6.07) is 29.7. The Morgan fingerprint density at radius 2 is 1.49 bits per heavy atom. The van der Waals surface area contributed by atoms with Gasteiger partial charge < -0.3 is 16.0 Å². The van der Waals surface area contributed by atoms with Crippen molar-refractivity contribution in [3.8, 4) is 6.07 Å². The lowest BCUT2D eigenvalue weighted by atomic mass is 10.1. The van der Waals surface area contributed by atoms with Gasteiger partial charge in [0.25, 0.3) is 5.91 Å². The van der Waals surface area contributed by atoms with Crippen molar-refractivity contribution in [1.29, 1.82) is 5.26 Å². The minimum Gasteiger partial charge on any atom is -0.355 e. The molecule has 0 bridgehead atoms. The van der Waals surface area contributed by atoms with E-state index in [-0.39, 0.29) is 5.91 Å². The lowest BCUT2D eigenvalue weighted by molar-refractivity contribution is 0.102. The standard InChI is InChI=1S/C28H20N6O/c29-18-19-4-13-25-24(17-19)26(14-16-30-25)32-21-7-5-20(6-8-21)28(35)34-23-11-9-22(10-12-23)33-27-3-1-2-15-31-27/h1-17H,(H,30,32)(H,31,33)(H,34,35). The highest BCUT2D eigenvalue weighted by Gasteiger charge is 2.08. The molecule has 35 heavy (non-hydrogen) atoms. The molecule has 0 radical (unpaired) electrons. The SMILES string of the molecule is N#Cc1ccc2nccc(Nc3ccc(C(=O)Nc4ccc(Nc5ccccn5)cc4)cc3)c2c1. The third-order valence-electron chi connectivity index (χ3n) is 5.38. The molecule has 0 unspecified atom stereocenters. The summed E-state index contributed by atoms with van der Waals surface area (Å²) in [5.41, 5.74) is 5.14. The van der Waals surface area contributed by atoms with E-state index < -0.39 is 0 Å². The summed E-state index contributed by atoms with van der Waals surface area (Å²) in [6.45, 7) is 0. The molecule has 168 valence electrons. The molecule has 0 aliphatic heterocycles. The third-order valence-corrected chi connectivity index (χ3v) is 5.38. The highest BCUT2D eigenvalue weighted by molar-refractivity contribution is 6.04. The smallest absolute Gasteiger partial charge is 0.255 e. The molecule has 7 heteroatoms. The number of hydrogen-bond acceptors (Lipinski definition) is 6. The molecule has 7 nitrogen and oxygen atoms in total. The van der Waals surface area contributed by atoms with E-state index in [0.29, 0.717) is 16.8 Å².